The van der Waals surface area contributed by atoms with Crippen molar-refractivity contribution in [3.8, 4) is 27.9 Å². The minimum atomic E-state index is 1.13. The number of hydrogen-bond acceptors (Lipinski definition) is 1. The molecule has 0 atom stereocenters. The fourth-order valence-electron chi connectivity index (χ4n) is 6.14. The highest BCUT2D eigenvalue weighted by atomic mass is 15.1. The lowest BCUT2D eigenvalue weighted by Crippen LogP contribution is -2.09. The Balaban J connectivity index is 1.08. The standard InChI is InChI=1S/C42H30N2/c1-3-9-31(10-4-1)36-20-26-42-37(29-36)27-28-43(42)38-21-15-33(16-22-38)34-17-23-40(24-18-34)44(39-13-5-2-6-14-39)41-25-19-32-11-7-8-12-35(32)30-41/h1-30H. The monoisotopic (exact) mass is 562 g/mol. The highest BCUT2D eigenvalue weighted by molar-refractivity contribution is 5.90. The van der Waals surface area contributed by atoms with Crippen molar-refractivity contribution in [3.05, 3.63) is 182 Å². The van der Waals surface area contributed by atoms with E-state index in [0.717, 1.165) is 22.7 Å². The van der Waals surface area contributed by atoms with E-state index in [1.54, 1.807) is 0 Å². The lowest BCUT2D eigenvalue weighted by molar-refractivity contribution is 1.13. The zero-order valence-electron chi connectivity index (χ0n) is 24.2. The lowest BCUT2D eigenvalue weighted by atomic mass is 10.0. The van der Waals surface area contributed by atoms with Crippen molar-refractivity contribution in [1.82, 2.24) is 4.57 Å². The van der Waals surface area contributed by atoms with Crippen LogP contribution >= 0.6 is 0 Å². The average molecular weight is 563 g/mol. The molecule has 0 aliphatic rings. The van der Waals surface area contributed by atoms with Gasteiger partial charge >= 0.3 is 0 Å². The summed E-state index contributed by atoms with van der Waals surface area (Å²) in [5, 5.41) is 3.71. The summed E-state index contributed by atoms with van der Waals surface area (Å²) in [6.07, 6.45) is 2.16. The quantitative estimate of drug-likeness (QED) is 0.196. The minimum absolute atomic E-state index is 1.13. The molecule has 0 amide bonds. The molecule has 208 valence electrons. The Bertz CT molecular complexity index is 2190. The fraction of sp³-hybridized carbons (Fsp3) is 0. The van der Waals surface area contributed by atoms with Crippen LogP contribution in [0.3, 0.4) is 0 Å². The number of anilines is 3. The van der Waals surface area contributed by atoms with Crippen LogP contribution in [0, 0.1) is 0 Å². The van der Waals surface area contributed by atoms with Gasteiger partial charge in [-0.2, -0.15) is 0 Å². The van der Waals surface area contributed by atoms with Crippen LogP contribution in [-0.4, -0.2) is 4.57 Å². The Hall–Kier alpha value is -5.86. The van der Waals surface area contributed by atoms with Crippen LogP contribution in [0.25, 0.3) is 49.6 Å². The second-order valence-corrected chi connectivity index (χ2v) is 11.1. The Labute approximate surface area is 257 Å². The molecular formula is C42H30N2. The molecule has 1 heterocycles. The summed E-state index contributed by atoms with van der Waals surface area (Å²) in [5.74, 6) is 0. The number of para-hydroxylation sites is 1. The zero-order chi connectivity index (χ0) is 29.3. The smallest absolute Gasteiger partial charge is 0.0528 e. The van der Waals surface area contributed by atoms with Crippen LogP contribution in [0.15, 0.2) is 182 Å². The van der Waals surface area contributed by atoms with E-state index < -0.39 is 0 Å². The highest BCUT2D eigenvalue weighted by Gasteiger charge is 2.13. The van der Waals surface area contributed by atoms with Crippen molar-refractivity contribution in [3.63, 3.8) is 0 Å². The van der Waals surface area contributed by atoms with Crippen molar-refractivity contribution in [1.29, 1.82) is 0 Å². The molecule has 44 heavy (non-hydrogen) atoms. The van der Waals surface area contributed by atoms with Crippen LogP contribution < -0.4 is 4.90 Å². The Morgan fingerprint density at radius 2 is 0.909 bits per heavy atom. The molecule has 0 bridgehead atoms. The van der Waals surface area contributed by atoms with Gasteiger partial charge in [0.05, 0.1) is 5.52 Å². The van der Waals surface area contributed by atoms with E-state index in [9.17, 15) is 0 Å². The van der Waals surface area contributed by atoms with Crippen molar-refractivity contribution < 1.29 is 0 Å². The number of hydrogen-bond donors (Lipinski definition) is 0. The topological polar surface area (TPSA) is 8.17 Å². The first-order valence-corrected chi connectivity index (χ1v) is 15.0. The SMILES string of the molecule is c1ccc(-c2ccc3c(ccn3-c3ccc(-c4ccc(N(c5ccccc5)c5ccc6ccccc6c5)cc4)cc3)c2)cc1. The van der Waals surface area contributed by atoms with E-state index in [1.807, 2.05) is 0 Å². The van der Waals surface area contributed by atoms with Gasteiger partial charge in [-0.3, -0.25) is 0 Å². The van der Waals surface area contributed by atoms with E-state index in [0.29, 0.717) is 0 Å². The Kier molecular flexibility index (Phi) is 6.51. The summed E-state index contributed by atoms with van der Waals surface area (Å²) in [7, 11) is 0. The first-order chi connectivity index (χ1) is 21.8. The molecule has 8 aromatic rings. The molecule has 0 aliphatic carbocycles. The molecule has 2 nitrogen and oxygen atoms in total. The molecule has 7 aromatic carbocycles. The first kappa shape index (κ1) is 25.8. The molecule has 0 unspecified atom stereocenters. The predicted octanol–water partition coefficient (Wildman–Crippen LogP) is 11.6. The van der Waals surface area contributed by atoms with Crippen LogP contribution in [0.2, 0.25) is 0 Å². The van der Waals surface area contributed by atoms with Crippen molar-refractivity contribution in [2.45, 2.75) is 0 Å². The number of rotatable bonds is 6. The maximum absolute atomic E-state index is 2.32. The number of nitrogens with zero attached hydrogens (tertiary/aromatic N) is 2. The third kappa shape index (κ3) is 4.83. The number of fused-ring (bicyclic) bond motifs is 2. The van der Waals surface area contributed by atoms with Gasteiger partial charge in [0, 0.05) is 34.3 Å². The van der Waals surface area contributed by atoms with E-state index in [2.05, 4.69) is 192 Å². The van der Waals surface area contributed by atoms with Gasteiger partial charge in [0.2, 0.25) is 0 Å². The van der Waals surface area contributed by atoms with Crippen LogP contribution in [-0.2, 0) is 0 Å². The molecule has 0 aliphatic heterocycles. The van der Waals surface area contributed by atoms with Gasteiger partial charge in [-0.25, -0.2) is 0 Å². The van der Waals surface area contributed by atoms with Gasteiger partial charge in [-0.05, 0) is 99.8 Å². The summed E-state index contributed by atoms with van der Waals surface area (Å²) in [6, 6.07) is 62.9. The van der Waals surface area contributed by atoms with Gasteiger partial charge in [0.1, 0.15) is 0 Å². The number of aromatic nitrogens is 1. The first-order valence-electron chi connectivity index (χ1n) is 15.0. The third-order valence-corrected chi connectivity index (χ3v) is 8.41. The molecule has 0 spiro atoms. The van der Waals surface area contributed by atoms with E-state index in [-0.39, 0.29) is 0 Å². The second-order valence-electron chi connectivity index (χ2n) is 11.1. The molecule has 0 saturated heterocycles. The maximum atomic E-state index is 2.32. The van der Waals surface area contributed by atoms with E-state index >= 15 is 0 Å². The maximum Gasteiger partial charge on any atom is 0.0528 e. The minimum Gasteiger partial charge on any atom is -0.317 e. The Morgan fingerprint density at radius 1 is 0.341 bits per heavy atom. The van der Waals surface area contributed by atoms with E-state index in [1.165, 1.54) is 43.9 Å². The fourth-order valence-corrected chi connectivity index (χ4v) is 6.14. The van der Waals surface area contributed by atoms with Crippen LogP contribution in [0.1, 0.15) is 0 Å². The van der Waals surface area contributed by atoms with Crippen LogP contribution in [0.4, 0.5) is 17.1 Å². The highest BCUT2D eigenvalue weighted by Crippen LogP contribution is 2.37. The van der Waals surface area contributed by atoms with Gasteiger partial charge in [0.15, 0.2) is 0 Å². The summed E-state index contributed by atoms with van der Waals surface area (Å²) >= 11 is 0. The molecule has 0 fully saturated rings. The lowest BCUT2D eigenvalue weighted by Gasteiger charge is -2.26. The Morgan fingerprint density at radius 3 is 1.66 bits per heavy atom. The van der Waals surface area contributed by atoms with Gasteiger partial charge in [0.25, 0.3) is 0 Å². The van der Waals surface area contributed by atoms with Crippen molar-refractivity contribution in [2.24, 2.45) is 0 Å². The summed E-state index contributed by atoms with van der Waals surface area (Å²) in [5.41, 5.74) is 10.6. The normalized spacial score (nSPS) is 11.2. The van der Waals surface area contributed by atoms with Crippen molar-refractivity contribution >= 4 is 38.7 Å². The molecule has 1 aromatic heterocycles. The molecule has 0 N–H and O–H groups in total. The van der Waals surface area contributed by atoms with Gasteiger partial charge in [-0.15, -0.1) is 0 Å². The van der Waals surface area contributed by atoms with Gasteiger partial charge < -0.3 is 9.47 Å². The largest absolute Gasteiger partial charge is 0.317 e. The summed E-state index contributed by atoms with van der Waals surface area (Å²) in [4.78, 5) is 2.32. The van der Waals surface area contributed by atoms with Crippen molar-refractivity contribution in [2.75, 3.05) is 4.90 Å². The molecule has 2 heteroatoms. The summed E-state index contributed by atoms with van der Waals surface area (Å²) in [6.45, 7) is 0. The molecular weight excluding hydrogens is 532 g/mol. The second kappa shape index (κ2) is 11.1. The molecule has 0 radical (unpaired) electrons. The predicted molar refractivity (Wildman–Crippen MR) is 186 cm³/mol. The van der Waals surface area contributed by atoms with E-state index in [4.69, 9.17) is 0 Å². The average Bonchev–Trinajstić information content (AvgIpc) is 3.53. The van der Waals surface area contributed by atoms with Gasteiger partial charge in [-0.1, -0.05) is 109 Å². The zero-order valence-corrected chi connectivity index (χ0v) is 24.2. The number of benzene rings is 7. The molecule has 0 saturated carbocycles. The molecule has 8 rings (SSSR count). The third-order valence-electron chi connectivity index (χ3n) is 8.41. The summed E-state index contributed by atoms with van der Waals surface area (Å²) < 4.78 is 2.26. The van der Waals surface area contributed by atoms with Crippen LogP contribution in [0.5, 0.6) is 0 Å².